The minimum atomic E-state index is -1.43. The molecule has 0 aromatic heterocycles. The van der Waals surface area contributed by atoms with Gasteiger partial charge >= 0.3 is 0 Å². The van der Waals surface area contributed by atoms with Crippen molar-refractivity contribution in [2.24, 2.45) is 28.9 Å². The fraction of sp³-hybridized carbons (Fsp3) is 0.600. The van der Waals surface area contributed by atoms with Crippen LogP contribution in [-0.4, -0.2) is 79.1 Å². The molecule has 0 saturated carbocycles. The van der Waals surface area contributed by atoms with E-state index in [0.717, 1.165) is 0 Å². The van der Waals surface area contributed by atoms with E-state index in [0.29, 0.717) is 44.3 Å². The van der Waals surface area contributed by atoms with Crippen molar-refractivity contribution in [2.75, 3.05) is 13.1 Å². The van der Waals surface area contributed by atoms with Crippen LogP contribution >= 0.6 is 0 Å². The summed E-state index contributed by atoms with van der Waals surface area (Å²) in [6.07, 6.45) is 4.07. The molecule has 0 unspecified atom stereocenters. The topological polar surface area (TPSA) is 255 Å². The predicted octanol–water partition coefficient (Wildman–Crippen LogP) is -1.61. The highest BCUT2D eigenvalue weighted by atomic mass is 16.2. The van der Waals surface area contributed by atoms with Crippen LogP contribution in [0.2, 0.25) is 0 Å². The molecule has 0 aliphatic carbocycles. The zero-order valence-electron chi connectivity index (χ0n) is 25.7. The summed E-state index contributed by atoms with van der Waals surface area (Å²) in [5, 5.41) is 10.3. The van der Waals surface area contributed by atoms with E-state index in [9.17, 15) is 28.8 Å². The molecule has 0 bridgehead atoms. The van der Waals surface area contributed by atoms with Crippen LogP contribution in [-0.2, 0) is 35.2 Å². The molecule has 0 aliphatic heterocycles. The van der Waals surface area contributed by atoms with Crippen molar-refractivity contribution in [1.29, 1.82) is 0 Å². The summed E-state index contributed by atoms with van der Waals surface area (Å²) in [5.74, 6) is -3.77. The Balaban J connectivity index is 3.22. The Hall–Kier alpha value is -3.88. The molecule has 1 aromatic rings. The van der Waals surface area contributed by atoms with Gasteiger partial charge in [0.15, 0.2) is 0 Å². The number of carbonyl (C=O) groups is 5. The molecule has 14 heteroatoms. The van der Waals surface area contributed by atoms with Crippen LogP contribution in [0.5, 0.6) is 0 Å². The smallest absolute Gasteiger partial charge is 0.243 e. The second kappa shape index (κ2) is 20.9. The quantitative estimate of drug-likeness (QED) is 0.0696. The van der Waals surface area contributed by atoms with Gasteiger partial charge in [0, 0.05) is 6.42 Å². The number of hydrogen-bond donors (Lipinski definition) is 8. The monoisotopic (exact) mass is 617 g/mol. The van der Waals surface area contributed by atoms with Crippen LogP contribution in [0.15, 0.2) is 30.3 Å². The molecule has 1 radical (unpaired) electrons. The van der Waals surface area contributed by atoms with E-state index in [1.54, 1.807) is 50.5 Å². The third-order valence-electron chi connectivity index (χ3n) is 6.96. The van der Waals surface area contributed by atoms with Gasteiger partial charge < -0.3 is 44.2 Å². The van der Waals surface area contributed by atoms with E-state index in [1.807, 2.05) is 0 Å². The molecule has 0 heterocycles. The fourth-order valence-electron chi connectivity index (χ4n) is 4.27. The number of amides is 5. The van der Waals surface area contributed by atoms with Crippen molar-refractivity contribution in [3.63, 3.8) is 0 Å². The van der Waals surface area contributed by atoms with Crippen LogP contribution in [0.4, 0.5) is 0 Å². The summed E-state index contributed by atoms with van der Waals surface area (Å²) in [4.78, 5) is 76.0. The van der Waals surface area contributed by atoms with E-state index in [-0.39, 0.29) is 25.2 Å². The Morgan fingerprint density at radius 1 is 0.727 bits per heavy atom. The number of nitrogens with two attached hydrogens (primary N) is 4. The Morgan fingerprint density at radius 3 is 1.80 bits per heavy atom. The number of primary amides is 1. The first kappa shape index (κ1) is 38.1. The summed E-state index contributed by atoms with van der Waals surface area (Å²) >= 11 is 0. The number of benzene rings is 1. The highest BCUT2D eigenvalue weighted by Gasteiger charge is 2.32. The van der Waals surface area contributed by atoms with Crippen LogP contribution in [0.1, 0.15) is 64.4 Å². The van der Waals surface area contributed by atoms with Gasteiger partial charge in [-0.1, -0.05) is 44.2 Å². The summed E-state index contributed by atoms with van der Waals surface area (Å²) in [7, 11) is 0. The van der Waals surface area contributed by atoms with Crippen LogP contribution in [0, 0.1) is 5.92 Å². The average molecular weight is 618 g/mol. The summed E-state index contributed by atoms with van der Waals surface area (Å²) in [5.41, 5.74) is 23.1. The number of hydrogen-bond acceptors (Lipinski definition) is 9. The van der Waals surface area contributed by atoms with Gasteiger partial charge in [-0.2, -0.15) is 0 Å². The molecule has 44 heavy (non-hydrogen) atoms. The average Bonchev–Trinajstić information content (AvgIpc) is 2.99. The van der Waals surface area contributed by atoms with Crippen molar-refractivity contribution >= 4 is 35.8 Å². The maximum atomic E-state index is 13.6. The highest BCUT2D eigenvalue weighted by molar-refractivity contribution is 5.96. The van der Waals surface area contributed by atoms with E-state index in [2.05, 4.69) is 21.3 Å². The van der Waals surface area contributed by atoms with E-state index in [4.69, 9.17) is 22.9 Å². The van der Waals surface area contributed by atoms with Gasteiger partial charge in [0.25, 0.3) is 0 Å². The first-order chi connectivity index (χ1) is 20.9. The van der Waals surface area contributed by atoms with Crippen LogP contribution < -0.4 is 44.2 Å². The van der Waals surface area contributed by atoms with Gasteiger partial charge in [-0.05, 0) is 63.1 Å². The van der Waals surface area contributed by atoms with Crippen LogP contribution in [0.3, 0.4) is 0 Å². The SMILES string of the molecule is CC(C)[C@H](N)C(=O)N[C@@H](CCCCN)C(=O)N[C@@H](Cc1ccccc1)C(=O)N[C@@H](CC(N)=O)C(=O)N[C@H]([C]=O)CCCCN. The predicted molar refractivity (Wildman–Crippen MR) is 166 cm³/mol. The zero-order valence-corrected chi connectivity index (χ0v) is 25.7. The van der Waals surface area contributed by atoms with Gasteiger partial charge in [-0.3, -0.25) is 28.8 Å². The maximum absolute atomic E-state index is 13.6. The van der Waals surface area contributed by atoms with Crippen LogP contribution in [0.25, 0.3) is 0 Å². The number of unbranched alkanes of at least 4 members (excludes halogenated alkanes) is 2. The molecule has 5 atom stereocenters. The van der Waals surface area contributed by atoms with Gasteiger partial charge in [0.2, 0.25) is 35.8 Å². The van der Waals surface area contributed by atoms with E-state index in [1.165, 1.54) is 0 Å². The van der Waals surface area contributed by atoms with Gasteiger partial charge in [-0.25, -0.2) is 0 Å². The molecule has 0 saturated heterocycles. The second-order valence-corrected chi connectivity index (χ2v) is 11.1. The van der Waals surface area contributed by atoms with E-state index >= 15 is 0 Å². The van der Waals surface area contributed by atoms with Crippen molar-refractivity contribution in [1.82, 2.24) is 21.3 Å². The largest absolute Gasteiger partial charge is 0.370 e. The molecular weight excluding hydrogens is 568 g/mol. The fourth-order valence-corrected chi connectivity index (χ4v) is 4.27. The maximum Gasteiger partial charge on any atom is 0.243 e. The first-order valence-corrected chi connectivity index (χ1v) is 15.0. The van der Waals surface area contributed by atoms with Crippen molar-refractivity contribution in [2.45, 2.75) is 95.4 Å². The molecule has 0 spiro atoms. The van der Waals surface area contributed by atoms with Crippen molar-refractivity contribution in [3.05, 3.63) is 35.9 Å². The number of nitrogens with one attached hydrogen (secondary N) is 4. The molecule has 245 valence electrons. The lowest BCUT2D eigenvalue weighted by molar-refractivity contribution is -0.135. The van der Waals surface area contributed by atoms with E-state index < -0.39 is 66.2 Å². The molecule has 0 fully saturated rings. The molecule has 5 amide bonds. The molecular formula is C30H49N8O6. The molecule has 0 aliphatic rings. The third kappa shape index (κ3) is 14.5. The number of rotatable bonds is 22. The Labute approximate surface area is 259 Å². The Morgan fingerprint density at radius 2 is 1.25 bits per heavy atom. The van der Waals surface area contributed by atoms with Gasteiger partial charge in [0.1, 0.15) is 18.1 Å². The first-order valence-electron chi connectivity index (χ1n) is 15.0. The Kier molecular flexibility index (Phi) is 18.1. The lowest BCUT2D eigenvalue weighted by atomic mass is 10.0. The lowest BCUT2D eigenvalue weighted by Crippen LogP contribution is -2.59. The number of carbonyl (C=O) groups excluding carboxylic acids is 6. The summed E-state index contributed by atoms with van der Waals surface area (Å²) in [6.45, 7) is 4.37. The Bertz CT molecular complexity index is 1070. The van der Waals surface area contributed by atoms with Gasteiger partial charge in [-0.15, -0.1) is 0 Å². The minimum absolute atomic E-state index is 0.0299. The molecule has 1 rings (SSSR count). The third-order valence-corrected chi connectivity index (χ3v) is 6.96. The molecule has 14 nitrogen and oxygen atoms in total. The zero-order chi connectivity index (χ0) is 33.1. The summed E-state index contributed by atoms with van der Waals surface area (Å²) in [6, 6.07) is 3.37. The normalized spacial score (nSPS) is 14.4. The van der Waals surface area contributed by atoms with Gasteiger partial charge in [0.05, 0.1) is 18.5 Å². The highest BCUT2D eigenvalue weighted by Crippen LogP contribution is 2.09. The summed E-state index contributed by atoms with van der Waals surface area (Å²) < 4.78 is 0. The molecule has 1 aromatic carbocycles. The molecule has 12 N–H and O–H groups in total. The lowest BCUT2D eigenvalue weighted by Gasteiger charge is -2.26. The van der Waals surface area contributed by atoms with Crippen molar-refractivity contribution in [3.8, 4) is 0 Å². The second-order valence-electron chi connectivity index (χ2n) is 11.1. The minimum Gasteiger partial charge on any atom is -0.370 e. The standard InChI is InChI=1S/C30H49N8O6/c1-19(2)26(34)30(44)36-22(13-7-9-15-32)27(41)37-23(16-20-10-4-3-5-11-20)29(43)38-24(17-25(33)40)28(42)35-21(18-39)12-6-8-14-31/h3-5,10-11,19,21-24,26H,6-9,12-17,31-32,34H2,1-2H3,(H2,33,40)(H,35,42)(H,36,44)(H,37,41)(H,38,43)/t21-,22-,23-,24-,26-/m0/s1. The van der Waals surface area contributed by atoms with Crippen molar-refractivity contribution < 1.29 is 28.8 Å².